The first-order valence-electron chi connectivity index (χ1n) is 8.87. The molecule has 0 saturated heterocycles. The van der Waals surface area contributed by atoms with Gasteiger partial charge in [0.05, 0.1) is 5.52 Å². The van der Waals surface area contributed by atoms with Gasteiger partial charge in [-0.3, -0.25) is 4.79 Å². The fourth-order valence-corrected chi connectivity index (χ4v) is 2.89. The molecule has 0 aliphatic rings. The van der Waals surface area contributed by atoms with Crippen LogP contribution in [0.15, 0.2) is 30.3 Å². The van der Waals surface area contributed by atoms with Gasteiger partial charge in [-0.05, 0) is 53.2 Å². The molecule has 1 aromatic carbocycles. The number of aryl methyl sites for hydroxylation is 1. The number of para-hydroxylation sites is 1. The predicted molar refractivity (Wildman–Crippen MR) is 99.8 cm³/mol. The molecule has 0 bridgehead atoms. The van der Waals surface area contributed by atoms with Crippen LogP contribution in [0, 0.1) is 0 Å². The molecule has 2 aromatic rings. The molecule has 5 heteroatoms. The highest BCUT2D eigenvalue weighted by Gasteiger charge is 2.22. The second-order valence-electron chi connectivity index (χ2n) is 7.08. The van der Waals surface area contributed by atoms with Crippen LogP contribution in [0.5, 0.6) is 0 Å². The van der Waals surface area contributed by atoms with E-state index in [4.69, 9.17) is 4.74 Å². The van der Waals surface area contributed by atoms with Crippen molar-refractivity contribution in [3.63, 3.8) is 0 Å². The fraction of sp³-hybridized carbons (Fsp3) is 0.500. The highest BCUT2D eigenvalue weighted by molar-refractivity contribution is 5.91. The van der Waals surface area contributed by atoms with Crippen molar-refractivity contribution in [3.05, 3.63) is 36.0 Å². The standard InChI is InChI=1S/C20H28N2O3/c1-6-21(7-2)18(23)13-12-16-14-15-10-8-9-11-17(15)22(16)19(24)25-20(3,4)5/h8-11,14H,6-7,12-13H2,1-5H3. The molecule has 1 heterocycles. The van der Waals surface area contributed by atoms with Gasteiger partial charge >= 0.3 is 6.09 Å². The van der Waals surface area contributed by atoms with Crippen LogP contribution < -0.4 is 0 Å². The van der Waals surface area contributed by atoms with Crippen LogP contribution in [0.1, 0.15) is 46.7 Å². The average Bonchev–Trinajstić information content (AvgIpc) is 2.91. The summed E-state index contributed by atoms with van der Waals surface area (Å²) in [6.07, 6.45) is 0.475. The number of aromatic nitrogens is 1. The van der Waals surface area contributed by atoms with Crippen molar-refractivity contribution in [2.45, 2.75) is 53.1 Å². The van der Waals surface area contributed by atoms with E-state index in [0.717, 1.165) is 16.6 Å². The Labute approximate surface area is 149 Å². The molecule has 0 aliphatic carbocycles. The van der Waals surface area contributed by atoms with E-state index in [-0.39, 0.29) is 5.91 Å². The van der Waals surface area contributed by atoms with Crippen molar-refractivity contribution >= 4 is 22.9 Å². The number of amides is 1. The zero-order valence-electron chi connectivity index (χ0n) is 15.8. The van der Waals surface area contributed by atoms with E-state index in [9.17, 15) is 9.59 Å². The van der Waals surface area contributed by atoms with Crippen LogP contribution in [0.4, 0.5) is 4.79 Å². The smallest absolute Gasteiger partial charge is 0.419 e. The Morgan fingerprint density at radius 1 is 1.12 bits per heavy atom. The van der Waals surface area contributed by atoms with Gasteiger partial charge in [0.15, 0.2) is 0 Å². The molecule has 1 amide bonds. The third-order valence-electron chi connectivity index (χ3n) is 4.07. The average molecular weight is 344 g/mol. The number of rotatable bonds is 5. The summed E-state index contributed by atoms with van der Waals surface area (Å²) in [7, 11) is 0. The molecule has 0 N–H and O–H groups in total. The molecule has 0 atom stereocenters. The Kier molecular flexibility index (Phi) is 5.88. The van der Waals surface area contributed by atoms with Gasteiger partial charge in [0, 0.05) is 30.6 Å². The van der Waals surface area contributed by atoms with Crippen molar-refractivity contribution in [2.24, 2.45) is 0 Å². The maximum atomic E-state index is 12.7. The molecule has 0 aliphatic heterocycles. The topological polar surface area (TPSA) is 51.5 Å². The van der Waals surface area contributed by atoms with Crippen molar-refractivity contribution in [2.75, 3.05) is 13.1 Å². The number of fused-ring (bicyclic) bond motifs is 1. The van der Waals surface area contributed by atoms with Gasteiger partial charge in [-0.25, -0.2) is 9.36 Å². The Bertz CT molecular complexity index is 752. The monoisotopic (exact) mass is 344 g/mol. The van der Waals surface area contributed by atoms with E-state index >= 15 is 0 Å². The normalized spacial score (nSPS) is 11.6. The van der Waals surface area contributed by atoms with E-state index in [2.05, 4.69) is 0 Å². The van der Waals surface area contributed by atoms with E-state index in [1.54, 1.807) is 9.47 Å². The summed E-state index contributed by atoms with van der Waals surface area (Å²) >= 11 is 0. The van der Waals surface area contributed by atoms with E-state index in [0.29, 0.717) is 25.9 Å². The lowest BCUT2D eigenvalue weighted by Gasteiger charge is -2.21. The number of hydrogen-bond donors (Lipinski definition) is 0. The third-order valence-corrected chi connectivity index (χ3v) is 4.07. The molecule has 5 nitrogen and oxygen atoms in total. The summed E-state index contributed by atoms with van der Waals surface area (Å²) in [4.78, 5) is 26.8. The largest absolute Gasteiger partial charge is 0.443 e. The van der Waals surface area contributed by atoms with Gasteiger partial charge in [-0.2, -0.15) is 0 Å². The lowest BCUT2D eigenvalue weighted by Crippen LogP contribution is -2.31. The third kappa shape index (κ3) is 4.62. The Balaban J connectivity index is 2.31. The first-order chi connectivity index (χ1) is 11.8. The lowest BCUT2D eigenvalue weighted by atomic mass is 10.2. The number of carbonyl (C=O) groups is 2. The van der Waals surface area contributed by atoms with Crippen molar-refractivity contribution in [1.82, 2.24) is 9.47 Å². The number of nitrogens with zero attached hydrogens (tertiary/aromatic N) is 2. The summed E-state index contributed by atoms with van der Waals surface area (Å²) in [6.45, 7) is 10.9. The molecule has 0 spiro atoms. The molecule has 0 unspecified atom stereocenters. The molecule has 136 valence electrons. The molecular formula is C20H28N2O3. The van der Waals surface area contributed by atoms with Gasteiger partial charge in [-0.1, -0.05) is 18.2 Å². The lowest BCUT2D eigenvalue weighted by molar-refractivity contribution is -0.130. The quantitative estimate of drug-likeness (QED) is 0.816. The zero-order chi connectivity index (χ0) is 18.6. The summed E-state index contributed by atoms with van der Waals surface area (Å²) in [6, 6.07) is 9.66. The molecular weight excluding hydrogens is 316 g/mol. The number of benzene rings is 1. The second kappa shape index (κ2) is 7.72. The second-order valence-corrected chi connectivity index (χ2v) is 7.08. The first kappa shape index (κ1) is 19.0. The van der Waals surface area contributed by atoms with E-state index < -0.39 is 11.7 Å². The summed E-state index contributed by atoms with van der Waals surface area (Å²) in [5.41, 5.74) is 1.04. The highest BCUT2D eigenvalue weighted by atomic mass is 16.6. The molecule has 1 aromatic heterocycles. The molecule has 0 radical (unpaired) electrons. The van der Waals surface area contributed by atoms with Crippen LogP contribution in [-0.4, -0.2) is 40.2 Å². The number of carbonyl (C=O) groups excluding carboxylic acids is 2. The Morgan fingerprint density at radius 2 is 1.76 bits per heavy atom. The summed E-state index contributed by atoms with van der Waals surface area (Å²) in [5, 5.41) is 0.971. The first-order valence-corrected chi connectivity index (χ1v) is 8.87. The highest BCUT2D eigenvalue weighted by Crippen LogP contribution is 2.23. The van der Waals surface area contributed by atoms with Crippen LogP contribution in [0.25, 0.3) is 10.9 Å². The van der Waals surface area contributed by atoms with Gasteiger partial charge < -0.3 is 9.64 Å². The van der Waals surface area contributed by atoms with Crippen LogP contribution in [-0.2, 0) is 16.0 Å². The molecule has 2 rings (SSSR count). The maximum absolute atomic E-state index is 12.7. The van der Waals surface area contributed by atoms with Crippen molar-refractivity contribution in [3.8, 4) is 0 Å². The molecule has 0 saturated carbocycles. The maximum Gasteiger partial charge on any atom is 0.419 e. The fourth-order valence-electron chi connectivity index (χ4n) is 2.89. The van der Waals surface area contributed by atoms with E-state index in [1.807, 2.05) is 65.0 Å². The minimum Gasteiger partial charge on any atom is -0.443 e. The van der Waals surface area contributed by atoms with Crippen LogP contribution in [0.2, 0.25) is 0 Å². The van der Waals surface area contributed by atoms with Crippen molar-refractivity contribution < 1.29 is 14.3 Å². The molecule has 0 fully saturated rings. The van der Waals surface area contributed by atoms with Crippen LogP contribution >= 0.6 is 0 Å². The van der Waals surface area contributed by atoms with Gasteiger partial charge in [-0.15, -0.1) is 0 Å². The minimum atomic E-state index is -0.573. The van der Waals surface area contributed by atoms with E-state index in [1.165, 1.54) is 0 Å². The zero-order valence-corrected chi connectivity index (χ0v) is 15.8. The van der Waals surface area contributed by atoms with Gasteiger partial charge in [0.25, 0.3) is 0 Å². The molecule has 25 heavy (non-hydrogen) atoms. The number of ether oxygens (including phenoxy) is 1. The SMILES string of the molecule is CCN(CC)C(=O)CCc1cc2ccccc2n1C(=O)OC(C)(C)C. The minimum absolute atomic E-state index is 0.103. The van der Waals surface area contributed by atoms with Crippen molar-refractivity contribution in [1.29, 1.82) is 0 Å². The van der Waals surface area contributed by atoms with Crippen LogP contribution in [0.3, 0.4) is 0 Å². The summed E-state index contributed by atoms with van der Waals surface area (Å²) in [5.74, 6) is 0.103. The Hall–Kier alpha value is -2.30. The van der Waals surface area contributed by atoms with Gasteiger partial charge in [0.1, 0.15) is 5.60 Å². The Morgan fingerprint density at radius 3 is 2.36 bits per heavy atom. The number of hydrogen-bond acceptors (Lipinski definition) is 3. The summed E-state index contributed by atoms with van der Waals surface area (Å²) < 4.78 is 7.15. The van der Waals surface area contributed by atoms with Gasteiger partial charge in [0.2, 0.25) is 5.91 Å². The predicted octanol–water partition coefficient (Wildman–Crippen LogP) is 4.23.